The molecule has 3 rings (SSSR count). The van der Waals surface area contributed by atoms with Crippen molar-refractivity contribution in [3.63, 3.8) is 0 Å². The minimum Gasteiger partial charge on any atom is -0.343 e. The van der Waals surface area contributed by atoms with Gasteiger partial charge < -0.3 is 9.80 Å². The first-order valence-corrected chi connectivity index (χ1v) is 7.29. The van der Waals surface area contributed by atoms with Gasteiger partial charge >= 0.3 is 0 Å². The third-order valence-electron chi connectivity index (χ3n) is 3.84. The van der Waals surface area contributed by atoms with E-state index in [4.69, 9.17) is 0 Å². The van der Waals surface area contributed by atoms with E-state index in [0.29, 0.717) is 6.42 Å². The van der Waals surface area contributed by atoms with Crippen LogP contribution in [-0.2, 0) is 4.79 Å². The van der Waals surface area contributed by atoms with E-state index in [0.717, 1.165) is 17.0 Å². The maximum atomic E-state index is 13.9. The predicted octanol–water partition coefficient (Wildman–Crippen LogP) is 1.24. The van der Waals surface area contributed by atoms with Crippen LogP contribution in [-0.4, -0.2) is 52.3 Å². The van der Waals surface area contributed by atoms with E-state index in [1.807, 2.05) is 0 Å². The average Bonchev–Trinajstić information content (AvgIpc) is 3.14. The molecule has 7 nitrogen and oxygen atoms in total. The minimum atomic E-state index is -0.800. The molecule has 24 heavy (non-hydrogen) atoms. The summed E-state index contributed by atoms with van der Waals surface area (Å²) in [6.07, 6.45) is 1.68. The Balaban J connectivity index is 1.86. The van der Waals surface area contributed by atoms with Crippen molar-refractivity contribution in [3.05, 3.63) is 41.7 Å². The van der Waals surface area contributed by atoms with Gasteiger partial charge in [-0.1, -0.05) is 11.3 Å². The Hall–Kier alpha value is -2.84. The summed E-state index contributed by atoms with van der Waals surface area (Å²) in [5, 5.41) is 7.56. The van der Waals surface area contributed by atoms with E-state index in [2.05, 4.69) is 10.3 Å². The molecule has 1 aliphatic heterocycles. The maximum absolute atomic E-state index is 13.9. The molecule has 0 radical (unpaired) electrons. The third-order valence-corrected chi connectivity index (χ3v) is 3.84. The second kappa shape index (κ2) is 5.99. The molecule has 0 N–H and O–H groups in total. The smallest absolute Gasteiger partial charge is 0.275 e. The maximum Gasteiger partial charge on any atom is 0.275 e. The molecule has 1 fully saturated rings. The summed E-state index contributed by atoms with van der Waals surface area (Å²) in [6.45, 7) is 0.151. The van der Waals surface area contributed by atoms with Crippen LogP contribution < -0.4 is 4.90 Å². The van der Waals surface area contributed by atoms with Crippen molar-refractivity contribution in [2.24, 2.45) is 0 Å². The van der Waals surface area contributed by atoms with Crippen LogP contribution >= 0.6 is 0 Å². The van der Waals surface area contributed by atoms with Crippen molar-refractivity contribution >= 4 is 17.5 Å². The summed E-state index contributed by atoms with van der Waals surface area (Å²) in [6, 6.07) is 2.69. The zero-order valence-corrected chi connectivity index (χ0v) is 13.1. The van der Waals surface area contributed by atoms with Crippen LogP contribution in [0.1, 0.15) is 23.0 Å². The van der Waals surface area contributed by atoms with Crippen molar-refractivity contribution in [3.8, 4) is 0 Å². The number of halogens is 2. The number of carbonyl (C=O) groups excluding carboxylic acids is 2. The molecular weight excluding hydrogens is 320 g/mol. The van der Waals surface area contributed by atoms with Gasteiger partial charge in [0, 0.05) is 20.6 Å². The fourth-order valence-electron chi connectivity index (χ4n) is 2.64. The average molecular weight is 335 g/mol. The molecule has 2 amide bonds. The number of hydrogen-bond acceptors (Lipinski definition) is 4. The first kappa shape index (κ1) is 16.0. The van der Waals surface area contributed by atoms with E-state index >= 15 is 0 Å². The number of rotatable bonds is 3. The lowest BCUT2D eigenvalue weighted by Crippen LogP contribution is -2.30. The zero-order chi connectivity index (χ0) is 17.4. The second-order valence-corrected chi connectivity index (χ2v) is 5.65. The molecule has 1 unspecified atom stereocenters. The fourth-order valence-corrected chi connectivity index (χ4v) is 2.64. The molecule has 2 heterocycles. The molecule has 0 saturated carbocycles. The van der Waals surface area contributed by atoms with Gasteiger partial charge in [0.2, 0.25) is 0 Å². The molecule has 9 heteroatoms. The van der Waals surface area contributed by atoms with E-state index in [1.165, 1.54) is 21.8 Å². The van der Waals surface area contributed by atoms with Gasteiger partial charge in [0.05, 0.1) is 6.20 Å². The quantitative estimate of drug-likeness (QED) is 0.846. The second-order valence-electron chi connectivity index (χ2n) is 5.65. The summed E-state index contributed by atoms with van der Waals surface area (Å²) < 4.78 is 29.0. The molecule has 0 spiro atoms. The third kappa shape index (κ3) is 2.61. The van der Waals surface area contributed by atoms with E-state index in [-0.39, 0.29) is 23.8 Å². The molecule has 1 atom stereocenters. The zero-order valence-electron chi connectivity index (χ0n) is 13.1. The summed E-state index contributed by atoms with van der Waals surface area (Å²) >= 11 is 0. The highest BCUT2D eigenvalue weighted by atomic mass is 19.1. The molecule has 126 valence electrons. The Morgan fingerprint density at radius 2 is 1.96 bits per heavy atom. The summed E-state index contributed by atoms with van der Waals surface area (Å²) in [5.74, 6) is -2.44. The minimum absolute atomic E-state index is 0.100. The molecule has 1 aromatic carbocycles. The number of para-hydroxylation sites is 1. The number of carbonyl (C=O) groups is 2. The molecule has 0 bridgehead atoms. The van der Waals surface area contributed by atoms with Gasteiger partial charge in [-0.15, -0.1) is 5.10 Å². The van der Waals surface area contributed by atoms with Crippen LogP contribution in [0.2, 0.25) is 0 Å². The van der Waals surface area contributed by atoms with E-state index in [9.17, 15) is 18.4 Å². The number of aromatic nitrogens is 3. The number of hydrogen-bond donors (Lipinski definition) is 0. The highest BCUT2D eigenvalue weighted by Gasteiger charge is 2.37. The van der Waals surface area contributed by atoms with Crippen LogP contribution in [0, 0.1) is 11.6 Å². The van der Waals surface area contributed by atoms with Gasteiger partial charge in [0.25, 0.3) is 11.8 Å². The highest BCUT2D eigenvalue weighted by Crippen LogP contribution is 2.31. The molecule has 2 aromatic rings. The summed E-state index contributed by atoms with van der Waals surface area (Å²) in [4.78, 5) is 26.8. The van der Waals surface area contributed by atoms with Gasteiger partial charge in [-0.25, -0.2) is 13.5 Å². The van der Waals surface area contributed by atoms with Crippen molar-refractivity contribution < 1.29 is 18.4 Å². The molecule has 1 aromatic heterocycles. The Morgan fingerprint density at radius 1 is 1.29 bits per heavy atom. The predicted molar refractivity (Wildman–Crippen MR) is 80.4 cm³/mol. The molecule has 1 saturated heterocycles. The van der Waals surface area contributed by atoms with Crippen LogP contribution in [0.4, 0.5) is 14.5 Å². The Kier molecular flexibility index (Phi) is 4.00. The number of nitrogens with zero attached hydrogens (tertiary/aromatic N) is 5. The van der Waals surface area contributed by atoms with Gasteiger partial charge in [-0.05, 0) is 18.6 Å². The Morgan fingerprint density at radius 3 is 2.58 bits per heavy atom. The van der Waals surface area contributed by atoms with Gasteiger partial charge in [0.1, 0.15) is 23.4 Å². The Bertz CT molecular complexity index is 785. The molecule has 1 aliphatic rings. The van der Waals surface area contributed by atoms with Gasteiger partial charge in [-0.2, -0.15) is 0 Å². The molecular formula is C15H15F2N5O2. The van der Waals surface area contributed by atoms with Crippen molar-refractivity contribution in [1.82, 2.24) is 19.9 Å². The van der Waals surface area contributed by atoms with Crippen molar-refractivity contribution in [2.75, 3.05) is 25.5 Å². The van der Waals surface area contributed by atoms with Crippen LogP contribution in [0.15, 0.2) is 24.4 Å². The monoisotopic (exact) mass is 335 g/mol. The molecule has 0 aliphatic carbocycles. The Labute approximate surface area is 136 Å². The standard InChI is InChI=1S/C15H15F2N5O2/c1-20(2)14(23)11-8-22(19-18-11)12-6-7-21(15(12)24)13-9(16)4-3-5-10(13)17/h3-5,8,12H,6-7H2,1-2H3. The summed E-state index contributed by atoms with van der Waals surface area (Å²) in [7, 11) is 3.15. The number of amides is 2. The number of anilines is 1. The SMILES string of the molecule is CN(C)C(=O)c1cn(C2CCN(c3c(F)cccc3F)C2=O)nn1. The van der Waals surface area contributed by atoms with E-state index < -0.39 is 23.6 Å². The lowest BCUT2D eigenvalue weighted by Gasteiger charge is -2.18. The first-order chi connectivity index (χ1) is 11.4. The normalized spacial score (nSPS) is 17.4. The summed E-state index contributed by atoms with van der Waals surface area (Å²) in [5.41, 5.74) is -0.266. The topological polar surface area (TPSA) is 71.3 Å². The van der Waals surface area contributed by atoms with Gasteiger partial charge in [-0.3, -0.25) is 9.59 Å². The first-order valence-electron chi connectivity index (χ1n) is 7.29. The van der Waals surface area contributed by atoms with E-state index in [1.54, 1.807) is 14.1 Å². The highest BCUT2D eigenvalue weighted by molar-refractivity contribution is 5.98. The van der Waals surface area contributed by atoms with Crippen LogP contribution in [0.5, 0.6) is 0 Å². The van der Waals surface area contributed by atoms with Crippen LogP contribution in [0.3, 0.4) is 0 Å². The largest absolute Gasteiger partial charge is 0.343 e. The van der Waals surface area contributed by atoms with Gasteiger partial charge in [0.15, 0.2) is 5.69 Å². The lowest BCUT2D eigenvalue weighted by molar-refractivity contribution is -0.120. The van der Waals surface area contributed by atoms with Crippen molar-refractivity contribution in [2.45, 2.75) is 12.5 Å². The number of benzene rings is 1. The lowest BCUT2D eigenvalue weighted by atomic mass is 10.2. The van der Waals surface area contributed by atoms with Crippen molar-refractivity contribution in [1.29, 1.82) is 0 Å². The fraction of sp³-hybridized carbons (Fsp3) is 0.333. The van der Waals surface area contributed by atoms with Crippen LogP contribution in [0.25, 0.3) is 0 Å².